The van der Waals surface area contributed by atoms with Crippen LogP contribution in [0.2, 0.25) is 0 Å². The summed E-state index contributed by atoms with van der Waals surface area (Å²) in [6.45, 7) is 0. The Balaban J connectivity index is 0.000000861. The van der Waals surface area contributed by atoms with Crippen LogP contribution in [-0.2, 0) is 27.3 Å². The summed E-state index contributed by atoms with van der Waals surface area (Å²) in [4.78, 5) is 15.5. The third-order valence-corrected chi connectivity index (χ3v) is 2.79. The molecule has 1 aliphatic heterocycles. The fourth-order valence-corrected chi connectivity index (χ4v) is 1.44. The van der Waals surface area contributed by atoms with E-state index in [2.05, 4.69) is 53.3 Å². The zero-order valence-corrected chi connectivity index (χ0v) is 12.8. The predicted octanol–water partition coefficient (Wildman–Crippen LogP) is -0.576. The Morgan fingerprint density at radius 2 is 2.05 bits per heavy atom. The Morgan fingerprint density at radius 1 is 1.42 bits per heavy atom. The van der Waals surface area contributed by atoms with Crippen LogP contribution in [-0.4, -0.2) is 34.8 Å². The molecule has 8 heteroatoms. The first-order chi connectivity index (χ1) is 9.09. The first kappa shape index (κ1) is 16.2. The molecule has 19 heavy (non-hydrogen) atoms. The van der Waals surface area contributed by atoms with Crippen LogP contribution in [0.15, 0.2) is 29.3 Å². The number of hydrogen-bond acceptors (Lipinski definition) is 1. The maximum absolute atomic E-state index is 9.70. The van der Waals surface area contributed by atoms with Gasteiger partial charge in [0, 0.05) is 5.22 Å². The summed E-state index contributed by atoms with van der Waals surface area (Å²) in [6, 6.07) is 7.45. The number of nitrogens with zero attached hydrogens (tertiary/aromatic N) is 3. The SMILES string of the molecule is CN(C)C(=[SH+])[N-]NC1=c2ccccc2=NC1=[OH+].[Cl][Cu+]. The molecule has 0 radical (unpaired) electrons. The molecule has 0 aliphatic carbocycles. The molecule has 2 N–H and O–H groups in total. The van der Waals surface area contributed by atoms with E-state index in [0.717, 1.165) is 10.6 Å². The molecule has 0 saturated carbocycles. The van der Waals surface area contributed by atoms with E-state index in [1.54, 1.807) is 4.90 Å². The standard InChI is InChI=1S/C11H12N4OS.ClH.Cu/c1-15(2)11(17)14-13-9-7-5-3-4-6-8(7)12-10(9)16;;/h3-6H,1-2H3,(H2,12,13,14,16,17);1H;/q;;+2. The van der Waals surface area contributed by atoms with Crippen LogP contribution < -0.4 is 16.0 Å². The third-order valence-electron chi connectivity index (χ3n) is 2.29. The second-order valence-corrected chi connectivity index (χ2v) is 4.15. The Morgan fingerprint density at radius 3 is 2.68 bits per heavy atom. The number of halogens is 1. The van der Waals surface area contributed by atoms with E-state index in [9.17, 15) is 4.79 Å². The molecule has 1 aromatic carbocycles. The molecule has 1 aliphatic rings. The summed E-state index contributed by atoms with van der Waals surface area (Å²) in [5.74, 6) is -0.0603. The van der Waals surface area contributed by atoms with Gasteiger partial charge in [-0.25, -0.2) is 0 Å². The maximum atomic E-state index is 9.70. The molecular formula is C11H13ClCuN4OS+2. The molecule has 0 unspecified atom stereocenters. The van der Waals surface area contributed by atoms with Gasteiger partial charge in [0.1, 0.15) is 0 Å². The van der Waals surface area contributed by atoms with Gasteiger partial charge < -0.3 is 10.9 Å². The molecule has 0 aromatic heterocycles. The molecule has 2 rings (SSSR count). The minimum atomic E-state index is -0.0603. The average molecular weight is 348 g/mol. The Labute approximate surface area is 128 Å². The summed E-state index contributed by atoms with van der Waals surface area (Å²) in [7, 11) is 7.86. The summed E-state index contributed by atoms with van der Waals surface area (Å²) >= 11 is 7.84. The number of rotatable bonds is 2. The van der Waals surface area contributed by atoms with Crippen molar-refractivity contribution in [1.29, 1.82) is 0 Å². The first-order valence-corrected chi connectivity index (χ1v) is 6.89. The van der Waals surface area contributed by atoms with Crippen molar-refractivity contribution < 1.29 is 19.9 Å². The molecule has 0 bridgehead atoms. The Bertz CT molecular complexity index is 605. The van der Waals surface area contributed by atoms with E-state index in [4.69, 9.17) is 0 Å². The molecular weight excluding hydrogens is 335 g/mol. The second kappa shape index (κ2) is 7.69. The Kier molecular flexibility index (Phi) is 6.57. The molecule has 105 valence electrons. The second-order valence-electron chi connectivity index (χ2n) is 3.75. The number of carbonyl (C=O) groups excluding carboxylic acids is 1. The number of nitrogens with one attached hydrogen (secondary N) is 1. The van der Waals surface area contributed by atoms with Gasteiger partial charge in [-0.1, -0.05) is 18.2 Å². The van der Waals surface area contributed by atoms with Gasteiger partial charge in [0.15, 0.2) is 23.0 Å². The normalized spacial score (nSPS) is 12.5. The van der Waals surface area contributed by atoms with Crippen molar-refractivity contribution in [2.45, 2.75) is 0 Å². The fraction of sp³-hybridized carbons (Fsp3) is 0.182. The molecule has 5 nitrogen and oxygen atoms in total. The average Bonchev–Trinajstić information content (AvgIpc) is 2.74. The van der Waals surface area contributed by atoms with Gasteiger partial charge >= 0.3 is 31.1 Å². The van der Waals surface area contributed by atoms with Crippen molar-refractivity contribution in [3.63, 3.8) is 0 Å². The number of para-hydroxylation sites is 1. The summed E-state index contributed by atoms with van der Waals surface area (Å²) in [6.07, 6.45) is 0. The monoisotopic (exact) mass is 347 g/mol. The minimum absolute atomic E-state index is 0.0603. The van der Waals surface area contributed by atoms with Gasteiger partial charge in [-0.3, -0.25) is 9.69 Å². The van der Waals surface area contributed by atoms with E-state index in [1.807, 2.05) is 38.4 Å². The van der Waals surface area contributed by atoms with Crippen molar-refractivity contribution in [3.8, 4) is 0 Å². The number of thiol groups is 1. The molecule has 0 fully saturated rings. The zero-order valence-electron chi connectivity index (χ0n) is 10.2. The summed E-state index contributed by atoms with van der Waals surface area (Å²) < 4.78 is 0. The van der Waals surface area contributed by atoms with Crippen LogP contribution in [0.5, 0.6) is 0 Å². The third kappa shape index (κ3) is 4.07. The summed E-state index contributed by atoms with van der Waals surface area (Å²) in [5.41, 5.74) is 7.30. The van der Waals surface area contributed by atoms with Gasteiger partial charge in [-0.2, -0.15) is 4.99 Å². The number of amides is 1. The van der Waals surface area contributed by atoms with Crippen LogP contribution in [0, 0.1) is 0 Å². The van der Waals surface area contributed by atoms with E-state index in [-0.39, 0.29) is 5.91 Å². The van der Waals surface area contributed by atoms with Crippen molar-refractivity contribution in [2.24, 2.45) is 4.99 Å². The van der Waals surface area contributed by atoms with Crippen LogP contribution in [0.25, 0.3) is 11.1 Å². The van der Waals surface area contributed by atoms with Crippen molar-refractivity contribution >= 4 is 39.0 Å². The molecule has 1 amide bonds. The van der Waals surface area contributed by atoms with Crippen LogP contribution in [0.4, 0.5) is 0 Å². The molecule has 1 aromatic rings. The van der Waals surface area contributed by atoms with Gasteiger partial charge in [0.2, 0.25) is 0 Å². The number of fused-ring (bicyclic) bond motifs is 1. The molecule has 1 heterocycles. The van der Waals surface area contributed by atoms with Crippen molar-refractivity contribution in [1.82, 2.24) is 10.3 Å². The van der Waals surface area contributed by atoms with E-state index in [0.29, 0.717) is 10.8 Å². The molecule has 0 spiro atoms. The van der Waals surface area contributed by atoms with Gasteiger partial charge in [-0.15, -0.1) is 0 Å². The van der Waals surface area contributed by atoms with E-state index < -0.39 is 0 Å². The predicted molar refractivity (Wildman–Crippen MR) is 77.4 cm³/mol. The van der Waals surface area contributed by atoms with Crippen molar-refractivity contribution in [2.75, 3.05) is 14.1 Å². The first-order valence-electron chi connectivity index (χ1n) is 5.15. The van der Waals surface area contributed by atoms with Gasteiger partial charge in [0.05, 0.1) is 5.36 Å². The van der Waals surface area contributed by atoms with Crippen LogP contribution >= 0.6 is 10.1 Å². The van der Waals surface area contributed by atoms with E-state index >= 15 is 0 Å². The van der Waals surface area contributed by atoms with Gasteiger partial charge in [-0.05, 0) is 20.2 Å². The quantitative estimate of drug-likeness (QED) is 0.256. The van der Waals surface area contributed by atoms with Crippen LogP contribution in [0.1, 0.15) is 0 Å². The Hall–Kier alpha value is -0.821. The fourth-order valence-electron chi connectivity index (χ4n) is 1.39. The molecule has 0 atom stereocenters. The van der Waals surface area contributed by atoms with E-state index in [1.165, 1.54) is 0 Å². The number of hydrogen-bond donors (Lipinski definition) is 1. The van der Waals surface area contributed by atoms with Crippen LogP contribution in [0.3, 0.4) is 0 Å². The number of benzene rings is 1. The zero-order chi connectivity index (χ0) is 14.4. The van der Waals surface area contributed by atoms with Gasteiger partial charge in [0.25, 0.3) is 0 Å². The van der Waals surface area contributed by atoms with Crippen molar-refractivity contribution in [3.05, 3.63) is 40.3 Å². The molecule has 0 saturated heterocycles. The summed E-state index contributed by atoms with van der Waals surface area (Å²) in [5, 5.41) is 2.07. The topological polar surface area (TPSA) is 63.1 Å².